The Morgan fingerprint density at radius 1 is 0.340 bits per heavy atom. The number of benzene rings is 3. The van der Waals surface area contributed by atoms with Gasteiger partial charge in [0.25, 0.3) is 0 Å². The first-order valence-electron chi connectivity index (χ1n) is 17.5. The van der Waals surface area contributed by atoms with E-state index in [2.05, 4.69) is 165 Å². The Labute approximate surface area is 345 Å². The van der Waals surface area contributed by atoms with Crippen LogP contribution < -0.4 is 73.5 Å². The van der Waals surface area contributed by atoms with Crippen molar-refractivity contribution in [3.8, 4) is 0 Å². The van der Waals surface area contributed by atoms with Gasteiger partial charge in [-0.25, -0.2) is 0 Å². The summed E-state index contributed by atoms with van der Waals surface area (Å²) in [7, 11) is -7.84. The van der Waals surface area contributed by atoms with Crippen LogP contribution in [0.3, 0.4) is 0 Å². The van der Waals surface area contributed by atoms with E-state index in [9.17, 15) is 0 Å². The molecule has 0 aliphatic heterocycles. The quantitative estimate of drug-likeness (QED) is 0.121. The molecule has 8 heteroatoms. The molecule has 0 aromatic heterocycles. The molecule has 0 spiro atoms. The van der Waals surface area contributed by atoms with E-state index in [0.717, 1.165) is 0 Å². The van der Waals surface area contributed by atoms with Crippen molar-refractivity contribution >= 4 is 68.6 Å². The van der Waals surface area contributed by atoms with Crippen molar-refractivity contribution in [2.45, 2.75) is 128 Å². The topological polar surface area (TPSA) is 0 Å². The zero-order chi connectivity index (χ0) is 35.1. The Hall–Kier alpha value is -0.538. The normalized spacial score (nSPS) is 12.1. The van der Waals surface area contributed by atoms with Crippen molar-refractivity contribution in [2.24, 2.45) is 0 Å². The van der Waals surface area contributed by atoms with Gasteiger partial charge < -0.3 is 37.2 Å². The molecule has 0 bridgehead atoms. The van der Waals surface area contributed by atoms with E-state index < -0.39 is 32.3 Å². The third kappa shape index (κ3) is 8.55. The second-order valence-corrected chi connectivity index (χ2v) is 36.6. The van der Waals surface area contributed by atoms with Crippen LogP contribution in [0.4, 0.5) is 0 Å². The molecule has 0 nitrogen and oxygen atoms in total. The van der Waals surface area contributed by atoms with Crippen molar-refractivity contribution < 1.29 is 58.9 Å². The Kier molecular flexibility index (Phi) is 16.7. The van der Waals surface area contributed by atoms with Gasteiger partial charge in [-0.3, -0.25) is 0 Å². The fourth-order valence-corrected chi connectivity index (χ4v) is 21.4. The molecule has 4 rings (SSSR count). The maximum atomic E-state index is 2.65. The second-order valence-electron chi connectivity index (χ2n) is 17.8. The largest absolute Gasteiger partial charge is 4.00 e. The molecule has 0 saturated carbocycles. The first-order chi connectivity index (χ1) is 20.9. The van der Waals surface area contributed by atoms with Gasteiger partial charge >= 0.3 is 21.7 Å². The van der Waals surface area contributed by atoms with Gasteiger partial charge in [0.15, 0.2) is 0 Å². The number of aryl methyl sites for hydroxylation is 3. The molecule has 0 unspecified atom stereocenters. The standard InChI is InChI=1S/C42H63Si4.3ClH.Ti/c1-26-20-36(43(11,12)13)33(8)39(23-26)46(42-31(6)29(4)30(5)32(42)7,40-24-27(2)21-37(34(40)9)44(14,15)16)41-25-28(3)22-38(35(41)10)45(17,18)19;;;;/h20-25H,1-19H3;3*1H;/q-1;;;;+4/p-3. The molecule has 0 saturated heterocycles. The summed E-state index contributed by atoms with van der Waals surface area (Å²) < 4.78 is 0. The van der Waals surface area contributed by atoms with Gasteiger partial charge in [0.2, 0.25) is 0 Å². The molecule has 0 aliphatic carbocycles. The third-order valence-electron chi connectivity index (χ3n) is 11.1. The smallest absolute Gasteiger partial charge is 1.00 e. The van der Waals surface area contributed by atoms with E-state index in [-0.39, 0.29) is 58.9 Å². The summed E-state index contributed by atoms with van der Waals surface area (Å²) in [5, 5.41) is 11.4. The Bertz CT molecular complexity index is 1660. The van der Waals surface area contributed by atoms with Crippen LogP contribution in [0.1, 0.15) is 55.6 Å². The van der Waals surface area contributed by atoms with Crippen molar-refractivity contribution in [3.05, 3.63) is 92.0 Å². The maximum Gasteiger partial charge on any atom is 4.00 e. The SMILES string of the molecule is Cc1cc([Si](C)(C)C)c(C)c([Si](c2cc(C)cc([Si](C)(C)C)c2C)(c2cc(C)cc([Si](C)(C)C)c2C)[c-]2c(C)c(C)c(C)c2C)c1.[Cl-].[Cl-].[Cl-].[Ti+4]. The molecule has 272 valence electrons. The summed E-state index contributed by atoms with van der Waals surface area (Å²) in [5.41, 5.74) is 14.9. The first kappa shape index (κ1) is 49.5. The fraction of sp³-hybridized carbons (Fsp3) is 0.452. The van der Waals surface area contributed by atoms with E-state index in [4.69, 9.17) is 0 Å². The molecular weight excluding hydrogens is 771 g/mol. The second kappa shape index (κ2) is 16.9. The predicted molar refractivity (Wildman–Crippen MR) is 222 cm³/mol. The van der Waals surface area contributed by atoms with E-state index in [1.807, 2.05) is 0 Å². The van der Waals surface area contributed by atoms with E-state index >= 15 is 0 Å². The van der Waals surface area contributed by atoms with Crippen LogP contribution in [-0.2, 0) is 21.7 Å². The first-order valence-corrected chi connectivity index (χ1v) is 30.0. The van der Waals surface area contributed by atoms with Crippen LogP contribution >= 0.6 is 0 Å². The summed E-state index contributed by atoms with van der Waals surface area (Å²) in [5.74, 6) is 0. The fourth-order valence-electron chi connectivity index (χ4n) is 8.70. The molecule has 0 N–H and O–H groups in total. The Morgan fingerprint density at radius 2 is 0.540 bits per heavy atom. The molecule has 0 aliphatic rings. The summed E-state index contributed by atoms with van der Waals surface area (Å²) in [6.07, 6.45) is 0. The average Bonchev–Trinajstić information content (AvgIpc) is 3.10. The molecule has 0 heterocycles. The van der Waals surface area contributed by atoms with Crippen molar-refractivity contribution in [3.63, 3.8) is 0 Å². The minimum Gasteiger partial charge on any atom is -1.00 e. The number of halogens is 3. The average molecular weight is 835 g/mol. The molecule has 50 heavy (non-hydrogen) atoms. The summed E-state index contributed by atoms with van der Waals surface area (Å²) in [6.45, 7) is 47.1. The van der Waals surface area contributed by atoms with Gasteiger partial charge in [-0.1, -0.05) is 188 Å². The van der Waals surface area contributed by atoms with Crippen molar-refractivity contribution in [2.75, 3.05) is 0 Å². The van der Waals surface area contributed by atoms with Crippen molar-refractivity contribution in [1.29, 1.82) is 0 Å². The zero-order valence-corrected chi connectivity index (χ0v) is 42.4. The van der Waals surface area contributed by atoms with Crippen LogP contribution in [0.2, 0.25) is 58.9 Å². The minimum atomic E-state index is -2.89. The van der Waals surface area contributed by atoms with Gasteiger partial charge in [0.05, 0.1) is 24.2 Å². The van der Waals surface area contributed by atoms with Crippen LogP contribution in [0.15, 0.2) is 36.4 Å². The van der Waals surface area contributed by atoms with Crippen LogP contribution in [0.25, 0.3) is 0 Å². The van der Waals surface area contributed by atoms with Gasteiger partial charge in [-0.05, 0) is 41.5 Å². The molecular formula is C42H63Cl3Si4Ti. The maximum absolute atomic E-state index is 2.89. The van der Waals surface area contributed by atoms with Gasteiger partial charge in [0.1, 0.15) is 8.07 Å². The number of hydrogen-bond acceptors (Lipinski definition) is 0. The molecule has 4 aromatic rings. The Morgan fingerprint density at radius 3 is 0.740 bits per heavy atom. The zero-order valence-electron chi connectivity index (χ0n) is 34.6. The van der Waals surface area contributed by atoms with Gasteiger partial charge in [-0.15, -0.1) is 5.19 Å². The summed E-state index contributed by atoms with van der Waals surface area (Å²) in [6, 6.07) is 15.6. The van der Waals surface area contributed by atoms with Crippen LogP contribution in [-0.4, -0.2) is 32.3 Å². The van der Waals surface area contributed by atoms with Crippen LogP contribution in [0, 0.1) is 69.2 Å². The Balaban J connectivity index is 0.00000600. The summed E-state index contributed by atoms with van der Waals surface area (Å²) in [4.78, 5) is 0. The summed E-state index contributed by atoms with van der Waals surface area (Å²) >= 11 is 0. The van der Waals surface area contributed by atoms with Crippen molar-refractivity contribution in [1.82, 2.24) is 0 Å². The van der Waals surface area contributed by atoms with E-state index in [1.54, 1.807) is 53.0 Å². The number of rotatable bonds is 7. The molecule has 4 aromatic carbocycles. The molecule has 0 fully saturated rings. The number of hydrogen-bond donors (Lipinski definition) is 0. The van der Waals surface area contributed by atoms with Gasteiger partial charge in [-0.2, -0.15) is 22.3 Å². The monoisotopic (exact) mass is 832 g/mol. The third-order valence-corrected chi connectivity index (χ3v) is 23.0. The van der Waals surface area contributed by atoms with Gasteiger partial charge in [0, 0.05) is 0 Å². The van der Waals surface area contributed by atoms with E-state index in [0.29, 0.717) is 0 Å². The predicted octanol–water partition coefficient (Wildman–Crippen LogP) is -1.49. The molecule has 0 amide bonds. The minimum absolute atomic E-state index is 0. The molecule has 0 atom stereocenters. The van der Waals surface area contributed by atoms with E-state index in [1.165, 1.54) is 38.9 Å². The van der Waals surface area contributed by atoms with Crippen LogP contribution in [0.5, 0.6) is 0 Å². The molecule has 0 radical (unpaired) electrons.